The van der Waals surface area contributed by atoms with Crippen LogP contribution in [0.15, 0.2) is 78.9 Å². The number of amides is 1. The van der Waals surface area contributed by atoms with E-state index in [1.165, 1.54) is 5.56 Å². The van der Waals surface area contributed by atoms with Gasteiger partial charge >= 0.3 is 0 Å². The second kappa shape index (κ2) is 9.71. The lowest BCUT2D eigenvalue weighted by Gasteiger charge is -2.18. The molecule has 1 aromatic heterocycles. The molecule has 1 amide bonds. The van der Waals surface area contributed by atoms with Crippen LogP contribution in [0.2, 0.25) is 0 Å². The SMILES string of the molecule is CCN(CC)Cc1ccc(-n2c(C(N)=O)cc3cc(OCc4ccccc4)ccc32)cc1. The Kier molecular flexibility index (Phi) is 6.57. The molecular formula is C27H29N3O2. The fourth-order valence-corrected chi connectivity index (χ4v) is 3.94. The van der Waals surface area contributed by atoms with E-state index < -0.39 is 5.91 Å². The average molecular weight is 428 g/mol. The number of hydrogen-bond acceptors (Lipinski definition) is 3. The van der Waals surface area contributed by atoms with Gasteiger partial charge in [0.05, 0.1) is 5.52 Å². The predicted molar refractivity (Wildman–Crippen MR) is 129 cm³/mol. The van der Waals surface area contributed by atoms with Gasteiger partial charge in [-0.25, -0.2) is 0 Å². The van der Waals surface area contributed by atoms with E-state index in [1.807, 2.05) is 71.3 Å². The highest BCUT2D eigenvalue weighted by Crippen LogP contribution is 2.28. The molecule has 0 radical (unpaired) electrons. The molecule has 4 rings (SSSR count). The van der Waals surface area contributed by atoms with E-state index >= 15 is 0 Å². The van der Waals surface area contributed by atoms with Crippen molar-refractivity contribution in [3.05, 3.63) is 95.7 Å². The number of aromatic nitrogens is 1. The van der Waals surface area contributed by atoms with Crippen LogP contribution < -0.4 is 10.5 Å². The molecule has 0 saturated heterocycles. The van der Waals surface area contributed by atoms with Crippen LogP contribution in [0.4, 0.5) is 0 Å². The Hall–Kier alpha value is -3.57. The van der Waals surface area contributed by atoms with E-state index in [9.17, 15) is 4.79 Å². The highest BCUT2D eigenvalue weighted by Gasteiger charge is 2.15. The number of rotatable bonds is 9. The van der Waals surface area contributed by atoms with Crippen molar-refractivity contribution in [1.82, 2.24) is 9.47 Å². The van der Waals surface area contributed by atoms with Gasteiger partial charge in [0, 0.05) is 17.6 Å². The minimum absolute atomic E-state index is 0.455. The lowest BCUT2D eigenvalue weighted by Crippen LogP contribution is -2.22. The third-order valence-electron chi connectivity index (χ3n) is 5.77. The Balaban J connectivity index is 1.63. The zero-order valence-corrected chi connectivity index (χ0v) is 18.6. The topological polar surface area (TPSA) is 60.5 Å². The number of benzene rings is 3. The van der Waals surface area contributed by atoms with Gasteiger partial charge in [0.25, 0.3) is 5.91 Å². The molecule has 0 aliphatic carbocycles. The van der Waals surface area contributed by atoms with Gasteiger partial charge in [-0.1, -0.05) is 56.3 Å². The zero-order valence-electron chi connectivity index (χ0n) is 18.6. The Morgan fingerprint density at radius 3 is 2.28 bits per heavy atom. The number of nitrogens with two attached hydrogens (primary N) is 1. The average Bonchev–Trinajstić information content (AvgIpc) is 3.21. The summed E-state index contributed by atoms with van der Waals surface area (Å²) in [7, 11) is 0. The van der Waals surface area contributed by atoms with Crippen molar-refractivity contribution in [3.63, 3.8) is 0 Å². The molecule has 0 unspecified atom stereocenters. The largest absolute Gasteiger partial charge is 0.489 e. The van der Waals surface area contributed by atoms with Crippen LogP contribution in [0.25, 0.3) is 16.6 Å². The maximum absolute atomic E-state index is 12.2. The van der Waals surface area contributed by atoms with Gasteiger partial charge in [0.1, 0.15) is 18.1 Å². The van der Waals surface area contributed by atoms with E-state index in [1.54, 1.807) is 0 Å². The van der Waals surface area contributed by atoms with Gasteiger partial charge in [0.15, 0.2) is 0 Å². The van der Waals surface area contributed by atoms with Gasteiger partial charge in [-0.05, 0) is 60.6 Å². The standard InChI is InChI=1S/C27H29N3O2/c1-3-29(4-2)18-20-10-12-23(13-11-20)30-25-15-14-24(16-22(25)17-26(30)27(28)31)32-19-21-8-6-5-7-9-21/h5-17H,3-4,18-19H2,1-2H3,(H2,28,31). The van der Waals surface area contributed by atoms with Crippen molar-refractivity contribution in [2.45, 2.75) is 27.0 Å². The summed E-state index contributed by atoms with van der Waals surface area (Å²) < 4.78 is 7.88. The second-order valence-electron chi connectivity index (χ2n) is 7.85. The molecule has 2 N–H and O–H groups in total. The van der Waals surface area contributed by atoms with Crippen LogP contribution in [0.5, 0.6) is 5.75 Å². The molecule has 1 heterocycles. The lowest BCUT2D eigenvalue weighted by molar-refractivity contribution is 0.0994. The van der Waals surface area contributed by atoms with Crippen LogP contribution in [-0.4, -0.2) is 28.5 Å². The Morgan fingerprint density at radius 2 is 1.62 bits per heavy atom. The summed E-state index contributed by atoms with van der Waals surface area (Å²) >= 11 is 0. The molecule has 32 heavy (non-hydrogen) atoms. The summed E-state index contributed by atoms with van der Waals surface area (Å²) in [5.41, 5.74) is 10.4. The van der Waals surface area contributed by atoms with E-state index in [2.05, 4.69) is 30.9 Å². The smallest absolute Gasteiger partial charge is 0.265 e. The molecule has 0 spiro atoms. The molecule has 0 aliphatic heterocycles. The van der Waals surface area contributed by atoms with Crippen LogP contribution in [0.1, 0.15) is 35.5 Å². The minimum Gasteiger partial charge on any atom is -0.489 e. The Morgan fingerprint density at radius 1 is 0.906 bits per heavy atom. The molecule has 5 heteroatoms. The second-order valence-corrected chi connectivity index (χ2v) is 7.85. The number of nitrogens with zero attached hydrogens (tertiary/aromatic N) is 2. The zero-order chi connectivity index (χ0) is 22.5. The first-order valence-electron chi connectivity index (χ1n) is 11.0. The first-order chi connectivity index (χ1) is 15.6. The van der Waals surface area contributed by atoms with Crippen LogP contribution >= 0.6 is 0 Å². The van der Waals surface area contributed by atoms with Crippen LogP contribution in [0.3, 0.4) is 0 Å². The normalized spacial score (nSPS) is 11.2. The van der Waals surface area contributed by atoms with Crippen LogP contribution in [0, 0.1) is 0 Å². The molecular weight excluding hydrogens is 398 g/mol. The van der Waals surface area contributed by atoms with E-state index in [-0.39, 0.29) is 0 Å². The summed E-state index contributed by atoms with van der Waals surface area (Å²) in [5.74, 6) is 0.296. The van der Waals surface area contributed by atoms with Gasteiger partial charge in [-0.2, -0.15) is 0 Å². The number of carbonyl (C=O) groups is 1. The first-order valence-corrected chi connectivity index (χ1v) is 11.0. The number of fused-ring (bicyclic) bond motifs is 1. The van der Waals surface area contributed by atoms with Gasteiger partial charge in [-0.15, -0.1) is 0 Å². The number of hydrogen-bond donors (Lipinski definition) is 1. The van der Waals surface area contributed by atoms with Crippen molar-refractivity contribution in [1.29, 1.82) is 0 Å². The highest BCUT2D eigenvalue weighted by atomic mass is 16.5. The van der Waals surface area contributed by atoms with Crippen molar-refractivity contribution < 1.29 is 9.53 Å². The van der Waals surface area contributed by atoms with Crippen molar-refractivity contribution >= 4 is 16.8 Å². The molecule has 0 aliphatic rings. The quantitative estimate of drug-likeness (QED) is 0.402. The molecule has 4 aromatic rings. The molecule has 5 nitrogen and oxygen atoms in total. The van der Waals surface area contributed by atoms with E-state index in [0.29, 0.717) is 12.3 Å². The minimum atomic E-state index is -0.458. The van der Waals surface area contributed by atoms with E-state index in [4.69, 9.17) is 10.5 Å². The fraction of sp³-hybridized carbons (Fsp3) is 0.222. The summed E-state index contributed by atoms with van der Waals surface area (Å²) in [4.78, 5) is 14.6. The number of carbonyl (C=O) groups excluding carboxylic acids is 1. The summed E-state index contributed by atoms with van der Waals surface area (Å²) in [6, 6.07) is 26.1. The molecule has 3 aromatic carbocycles. The Bertz CT molecular complexity index is 1190. The lowest BCUT2D eigenvalue weighted by atomic mass is 10.2. The summed E-state index contributed by atoms with van der Waals surface area (Å²) in [6.07, 6.45) is 0. The molecule has 0 atom stereocenters. The van der Waals surface area contributed by atoms with Gasteiger partial charge in [-0.3, -0.25) is 9.69 Å². The summed E-state index contributed by atoms with van der Waals surface area (Å²) in [5, 5.41) is 0.913. The highest BCUT2D eigenvalue weighted by molar-refractivity contribution is 5.99. The van der Waals surface area contributed by atoms with Crippen molar-refractivity contribution in [3.8, 4) is 11.4 Å². The Labute approximate surface area is 189 Å². The van der Waals surface area contributed by atoms with Gasteiger partial charge < -0.3 is 15.0 Å². The number of primary amides is 1. The molecule has 164 valence electrons. The molecule has 0 saturated carbocycles. The first kappa shape index (κ1) is 21.7. The van der Waals surface area contributed by atoms with Crippen LogP contribution in [-0.2, 0) is 13.2 Å². The maximum atomic E-state index is 12.2. The molecule has 0 bridgehead atoms. The monoisotopic (exact) mass is 427 g/mol. The fourth-order valence-electron chi connectivity index (χ4n) is 3.94. The van der Waals surface area contributed by atoms with Gasteiger partial charge in [0.2, 0.25) is 0 Å². The van der Waals surface area contributed by atoms with Crippen molar-refractivity contribution in [2.75, 3.05) is 13.1 Å². The summed E-state index contributed by atoms with van der Waals surface area (Å²) in [6.45, 7) is 7.76. The predicted octanol–water partition coefficient (Wildman–Crippen LogP) is 5.15. The van der Waals surface area contributed by atoms with E-state index in [0.717, 1.165) is 47.5 Å². The number of ether oxygens (including phenoxy) is 1. The maximum Gasteiger partial charge on any atom is 0.265 e. The third-order valence-corrected chi connectivity index (χ3v) is 5.77. The third kappa shape index (κ3) is 4.68. The van der Waals surface area contributed by atoms with Crippen molar-refractivity contribution in [2.24, 2.45) is 5.73 Å². The molecule has 0 fully saturated rings.